The number of ketones is 1. The first-order chi connectivity index (χ1) is 14.9. The van der Waals surface area contributed by atoms with Crippen molar-refractivity contribution in [1.29, 1.82) is 0 Å². The number of aromatic nitrogens is 2. The lowest BCUT2D eigenvalue weighted by Crippen LogP contribution is -2.20. The Morgan fingerprint density at radius 1 is 0.806 bits per heavy atom. The number of carbonyl (C=O) groups is 2. The van der Waals surface area contributed by atoms with E-state index in [1.165, 1.54) is 30.6 Å². The quantitative estimate of drug-likeness (QED) is 0.416. The number of carbonyl (C=O) groups excluding carboxylic acids is 2. The molecule has 2 N–H and O–H groups in total. The summed E-state index contributed by atoms with van der Waals surface area (Å²) in [5, 5.41) is 5.22. The summed E-state index contributed by atoms with van der Waals surface area (Å²) in [5.74, 6) is -3.07. The van der Waals surface area contributed by atoms with Gasteiger partial charge in [0, 0.05) is 34.4 Å². The summed E-state index contributed by atoms with van der Waals surface area (Å²) in [6, 6.07) is 11.8. The zero-order valence-corrected chi connectivity index (χ0v) is 16.5. The van der Waals surface area contributed by atoms with Gasteiger partial charge in [0.25, 0.3) is 0 Å². The van der Waals surface area contributed by atoms with E-state index < -0.39 is 29.0 Å². The van der Waals surface area contributed by atoms with Crippen molar-refractivity contribution in [2.24, 2.45) is 0 Å². The van der Waals surface area contributed by atoms with Crippen LogP contribution in [0.2, 0.25) is 5.02 Å². The maximum atomic E-state index is 14.6. The van der Waals surface area contributed by atoms with Crippen molar-refractivity contribution < 1.29 is 18.4 Å². The molecule has 0 radical (unpaired) electrons. The Morgan fingerprint density at radius 2 is 1.48 bits per heavy atom. The molecule has 1 heterocycles. The second kappa shape index (κ2) is 8.45. The summed E-state index contributed by atoms with van der Waals surface area (Å²) >= 11 is 5.85. The van der Waals surface area contributed by atoms with E-state index in [-0.39, 0.29) is 11.3 Å². The summed E-state index contributed by atoms with van der Waals surface area (Å²) in [4.78, 5) is 33.0. The maximum absolute atomic E-state index is 14.6. The first-order valence-electron chi connectivity index (χ1n) is 8.99. The number of urea groups is 1. The molecule has 2 amide bonds. The Morgan fingerprint density at radius 3 is 2.19 bits per heavy atom. The second-order valence-electron chi connectivity index (χ2n) is 6.49. The molecule has 0 bridgehead atoms. The molecular formula is C22H13ClF2N4O2. The Labute approximate surface area is 179 Å². The Hall–Kier alpha value is -3.91. The molecule has 0 aliphatic heterocycles. The van der Waals surface area contributed by atoms with Gasteiger partial charge in [0.05, 0.1) is 16.6 Å². The molecule has 154 valence electrons. The smallest absolute Gasteiger partial charge is 0.308 e. The van der Waals surface area contributed by atoms with Crippen LogP contribution in [0.15, 0.2) is 67.0 Å². The van der Waals surface area contributed by atoms with Crippen molar-refractivity contribution in [2.75, 3.05) is 10.6 Å². The molecule has 9 heteroatoms. The largest absolute Gasteiger partial charge is 0.323 e. The summed E-state index contributed by atoms with van der Waals surface area (Å²) in [6.07, 6.45) is 2.95. The van der Waals surface area contributed by atoms with Crippen LogP contribution < -0.4 is 10.6 Å². The number of hydrogen-bond donors (Lipinski definition) is 2. The predicted octanol–water partition coefficient (Wildman–Crippen LogP) is 5.44. The Balaban J connectivity index is 1.56. The predicted molar refractivity (Wildman–Crippen MR) is 113 cm³/mol. The van der Waals surface area contributed by atoms with Crippen molar-refractivity contribution >= 4 is 45.8 Å². The third-order valence-corrected chi connectivity index (χ3v) is 4.58. The molecule has 0 aliphatic carbocycles. The monoisotopic (exact) mass is 438 g/mol. The van der Waals surface area contributed by atoms with Gasteiger partial charge < -0.3 is 10.6 Å². The number of halogens is 3. The minimum atomic E-state index is -1.11. The van der Waals surface area contributed by atoms with E-state index in [9.17, 15) is 18.4 Å². The highest BCUT2D eigenvalue weighted by Crippen LogP contribution is 2.23. The topological polar surface area (TPSA) is 84.0 Å². The van der Waals surface area contributed by atoms with Crippen LogP contribution in [0.1, 0.15) is 15.9 Å². The molecule has 1 aromatic heterocycles. The minimum absolute atomic E-state index is 0.0604. The van der Waals surface area contributed by atoms with E-state index in [4.69, 9.17) is 11.6 Å². The fourth-order valence-corrected chi connectivity index (χ4v) is 3.16. The van der Waals surface area contributed by atoms with E-state index in [1.54, 1.807) is 24.3 Å². The highest BCUT2D eigenvalue weighted by Gasteiger charge is 2.21. The van der Waals surface area contributed by atoms with Gasteiger partial charge in [-0.1, -0.05) is 17.7 Å². The summed E-state index contributed by atoms with van der Waals surface area (Å²) in [6.45, 7) is 0. The molecule has 4 rings (SSSR count). The molecule has 0 fully saturated rings. The van der Waals surface area contributed by atoms with Crippen molar-refractivity contribution in [2.45, 2.75) is 0 Å². The van der Waals surface area contributed by atoms with Gasteiger partial charge in [0.1, 0.15) is 11.6 Å². The maximum Gasteiger partial charge on any atom is 0.323 e. The summed E-state index contributed by atoms with van der Waals surface area (Å²) in [7, 11) is 0. The van der Waals surface area contributed by atoms with Crippen LogP contribution in [0.5, 0.6) is 0 Å². The molecule has 0 atom stereocenters. The van der Waals surface area contributed by atoms with E-state index >= 15 is 0 Å². The van der Waals surface area contributed by atoms with E-state index in [1.807, 2.05) is 0 Å². The zero-order valence-electron chi connectivity index (χ0n) is 15.7. The number of rotatable bonds is 4. The van der Waals surface area contributed by atoms with E-state index in [2.05, 4.69) is 20.6 Å². The average Bonchev–Trinajstić information content (AvgIpc) is 2.72. The number of benzene rings is 3. The highest BCUT2D eigenvalue weighted by atomic mass is 35.5. The second-order valence-corrected chi connectivity index (χ2v) is 6.93. The average molecular weight is 439 g/mol. The van der Waals surface area contributed by atoms with Crippen LogP contribution in [0.25, 0.3) is 11.0 Å². The minimum Gasteiger partial charge on any atom is -0.308 e. The van der Waals surface area contributed by atoms with Gasteiger partial charge in [0.15, 0.2) is 5.78 Å². The molecule has 0 saturated carbocycles. The summed E-state index contributed by atoms with van der Waals surface area (Å²) < 4.78 is 29.2. The number of hydrogen-bond acceptors (Lipinski definition) is 4. The Kier molecular flexibility index (Phi) is 5.55. The van der Waals surface area contributed by atoms with Crippen LogP contribution in [0.3, 0.4) is 0 Å². The molecule has 0 aliphatic rings. The third kappa shape index (κ3) is 4.49. The van der Waals surface area contributed by atoms with Crippen LogP contribution in [0.4, 0.5) is 25.0 Å². The van der Waals surface area contributed by atoms with Crippen molar-refractivity contribution in [3.8, 4) is 0 Å². The lowest BCUT2D eigenvalue weighted by molar-refractivity contribution is 0.103. The van der Waals surface area contributed by atoms with Gasteiger partial charge in [-0.15, -0.1) is 0 Å². The third-order valence-electron chi connectivity index (χ3n) is 4.34. The Bertz CT molecular complexity index is 1310. The number of amides is 2. The molecule has 6 nitrogen and oxygen atoms in total. The lowest BCUT2D eigenvalue weighted by Gasteiger charge is -2.11. The van der Waals surface area contributed by atoms with Crippen LogP contribution in [0, 0.1) is 11.6 Å². The number of nitrogens with zero attached hydrogens (tertiary/aromatic N) is 2. The molecule has 4 aromatic rings. The first kappa shape index (κ1) is 20.4. The number of anilines is 2. The zero-order chi connectivity index (χ0) is 22.0. The van der Waals surface area contributed by atoms with Crippen LogP contribution >= 0.6 is 11.6 Å². The normalized spacial score (nSPS) is 10.7. The molecular weight excluding hydrogens is 426 g/mol. The highest BCUT2D eigenvalue weighted by molar-refractivity contribution is 6.30. The van der Waals surface area contributed by atoms with Gasteiger partial charge in [-0.3, -0.25) is 14.8 Å². The molecule has 31 heavy (non-hydrogen) atoms. The number of nitrogens with one attached hydrogen (secondary N) is 2. The van der Waals surface area contributed by atoms with Crippen molar-refractivity contribution in [1.82, 2.24) is 9.97 Å². The standard InChI is InChI=1S/C22H13ClF2N4O2/c23-13-2-1-3-14(9-13)28-22(31)29-15-10-16(24)20(17(25)11-15)21(30)12-4-5-18-19(8-12)27-7-6-26-18/h1-11H,(H2,28,29,31). The first-order valence-corrected chi connectivity index (χ1v) is 9.36. The fourth-order valence-electron chi connectivity index (χ4n) is 2.97. The fraction of sp³-hybridized carbons (Fsp3) is 0. The van der Waals surface area contributed by atoms with E-state index in [0.29, 0.717) is 21.7 Å². The van der Waals surface area contributed by atoms with Gasteiger partial charge in [0.2, 0.25) is 0 Å². The van der Waals surface area contributed by atoms with Gasteiger partial charge in [-0.25, -0.2) is 13.6 Å². The van der Waals surface area contributed by atoms with Crippen LogP contribution in [-0.4, -0.2) is 21.8 Å². The lowest BCUT2D eigenvalue weighted by atomic mass is 10.0. The molecule has 0 saturated heterocycles. The van der Waals surface area contributed by atoms with Gasteiger partial charge in [-0.05, 0) is 48.5 Å². The van der Waals surface area contributed by atoms with Crippen LogP contribution in [-0.2, 0) is 0 Å². The van der Waals surface area contributed by atoms with Crippen molar-refractivity contribution in [3.05, 3.63) is 94.8 Å². The molecule has 3 aromatic carbocycles. The molecule has 0 spiro atoms. The van der Waals surface area contributed by atoms with E-state index in [0.717, 1.165) is 12.1 Å². The van der Waals surface area contributed by atoms with Gasteiger partial charge >= 0.3 is 6.03 Å². The van der Waals surface area contributed by atoms with Crippen molar-refractivity contribution in [3.63, 3.8) is 0 Å². The summed E-state index contributed by atoms with van der Waals surface area (Å²) in [5.41, 5.74) is 0.539. The number of fused-ring (bicyclic) bond motifs is 1. The SMILES string of the molecule is O=C(Nc1cccc(Cl)c1)Nc1cc(F)c(C(=O)c2ccc3nccnc3c2)c(F)c1. The van der Waals surface area contributed by atoms with Gasteiger partial charge in [-0.2, -0.15) is 0 Å². The molecule has 0 unspecified atom stereocenters.